The lowest BCUT2D eigenvalue weighted by atomic mass is 10.2. The average molecular weight is 571 g/mol. The molecule has 0 spiro atoms. The van der Waals surface area contributed by atoms with Crippen LogP contribution in [0.4, 0.5) is 4.39 Å². The summed E-state index contributed by atoms with van der Waals surface area (Å²) in [7, 11) is 3.07. The van der Waals surface area contributed by atoms with Gasteiger partial charge in [0, 0.05) is 5.56 Å². The molecule has 13 heteroatoms. The number of benzene rings is 3. The molecule has 0 saturated carbocycles. The zero-order valence-corrected chi connectivity index (χ0v) is 22.7. The Labute approximate surface area is 233 Å². The molecule has 202 valence electrons. The number of ether oxygens (including phenoxy) is 3. The Hall–Kier alpha value is -4.16. The number of tetrazole rings is 1. The van der Waals surface area contributed by atoms with Crippen LogP contribution in [0.5, 0.6) is 17.2 Å². The zero-order chi connectivity index (χ0) is 27.8. The molecule has 0 unspecified atom stereocenters. The van der Waals surface area contributed by atoms with E-state index in [9.17, 15) is 9.18 Å². The van der Waals surface area contributed by atoms with Gasteiger partial charge in [0.05, 0.1) is 36.4 Å². The first kappa shape index (κ1) is 27.9. The summed E-state index contributed by atoms with van der Waals surface area (Å²) in [6.45, 7) is 1.65. The Bertz CT molecular complexity index is 1450. The Morgan fingerprint density at radius 2 is 1.95 bits per heavy atom. The van der Waals surface area contributed by atoms with Gasteiger partial charge in [0.25, 0.3) is 5.91 Å². The minimum atomic E-state index is -0.541. The van der Waals surface area contributed by atoms with Crippen molar-refractivity contribution in [2.75, 3.05) is 14.2 Å². The van der Waals surface area contributed by atoms with E-state index in [1.54, 1.807) is 50.4 Å². The van der Waals surface area contributed by atoms with Crippen LogP contribution < -0.4 is 19.6 Å². The molecule has 0 radical (unpaired) electrons. The number of carbonyl (C=O) groups excluding carboxylic acids is 1. The molecule has 1 aromatic heterocycles. The van der Waals surface area contributed by atoms with Crippen molar-refractivity contribution in [1.29, 1.82) is 0 Å². The SMILES string of the molecule is COc1ccc(-n2nnnc2S[C@@H](C)C(=O)N/N=C\c2ccc(OCc3c(F)cccc3Cl)c(OC)c2)cc1. The van der Waals surface area contributed by atoms with E-state index in [-0.39, 0.29) is 23.1 Å². The van der Waals surface area contributed by atoms with Crippen molar-refractivity contribution in [1.82, 2.24) is 25.6 Å². The van der Waals surface area contributed by atoms with Crippen molar-refractivity contribution in [3.05, 3.63) is 82.6 Å². The summed E-state index contributed by atoms with van der Waals surface area (Å²) in [6, 6.07) is 16.7. The van der Waals surface area contributed by atoms with Crippen molar-refractivity contribution >= 4 is 35.5 Å². The highest BCUT2D eigenvalue weighted by Gasteiger charge is 2.19. The number of hydrazone groups is 1. The minimum Gasteiger partial charge on any atom is -0.497 e. The molecule has 0 saturated heterocycles. The lowest BCUT2D eigenvalue weighted by Crippen LogP contribution is -2.27. The quantitative estimate of drug-likeness (QED) is 0.157. The van der Waals surface area contributed by atoms with Gasteiger partial charge in [-0.15, -0.1) is 5.10 Å². The maximum Gasteiger partial charge on any atom is 0.253 e. The van der Waals surface area contributed by atoms with E-state index in [1.807, 2.05) is 12.1 Å². The third-order valence-corrected chi connectivity index (χ3v) is 6.81. The van der Waals surface area contributed by atoms with Gasteiger partial charge in [-0.3, -0.25) is 4.79 Å². The van der Waals surface area contributed by atoms with Crippen LogP contribution in [0.25, 0.3) is 5.69 Å². The number of hydrogen-bond donors (Lipinski definition) is 1. The maximum atomic E-state index is 14.0. The number of hydrogen-bond acceptors (Lipinski definition) is 9. The highest BCUT2D eigenvalue weighted by Crippen LogP contribution is 2.30. The molecule has 4 rings (SSSR count). The van der Waals surface area contributed by atoms with E-state index in [0.29, 0.717) is 28.0 Å². The second kappa shape index (κ2) is 13.1. The fourth-order valence-electron chi connectivity index (χ4n) is 3.31. The summed E-state index contributed by atoms with van der Waals surface area (Å²) in [5.74, 6) is 0.725. The van der Waals surface area contributed by atoms with Crippen molar-refractivity contribution in [2.24, 2.45) is 5.10 Å². The molecule has 1 atom stereocenters. The summed E-state index contributed by atoms with van der Waals surface area (Å²) >= 11 is 7.25. The predicted molar refractivity (Wildman–Crippen MR) is 145 cm³/mol. The molecule has 3 aromatic carbocycles. The van der Waals surface area contributed by atoms with Gasteiger partial charge in [0.15, 0.2) is 11.5 Å². The number of amides is 1. The Morgan fingerprint density at radius 3 is 2.67 bits per heavy atom. The fraction of sp³-hybridized carbons (Fsp3) is 0.192. The van der Waals surface area contributed by atoms with Crippen LogP contribution in [0.15, 0.2) is 70.9 Å². The molecule has 4 aromatic rings. The van der Waals surface area contributed by atoms with Gasteiger partial charge in [-0.25, -0.2) is 9.82 Å². The van der Waals surface area contributed by atoms with E-state index in [0.717, 1.165) is 5.69 Å². The molecule has 0 fully saturated rings. The standard InChI is InChI=1S/C26H24ClFN6O4S/c1-16(39-26-31-32-33-34(26)18-8-10-19(36-2)11-9-18)25(35)30-29-14-17-7-12-23(24(13-17)37-3)38-15-20-21(27)5-4-6-22(20)28/h4-14,16H,15H2,1-3H3,(H,30,35)/b29-14-/t16-/m0/s1. The monoisotopic (exact) mass is 570 g/mol. The van der Waals surface area contributed by atoms with Gasteiger partial charge in [-0.05, 0) is 77.5 Å². The van der Waals surface area contributed by atoms with Crippen LogP contribution in [0.3, 0.4) is 0 Å². The second-order valence-corrected chi connectivity index (χ2v) is 9.68. The van der Waals surface area contributed by atoms with Crippen LogP contribution in [-0.4, -0.2) is 51.8 Å². The number of rotatable bonds is 11. The van der Waals surface area contributed by atoms with Crippen molar-refractivity contribution in [3.8, 4) is 22.9 Å². The molecule has 10 nitrogen and oxygen atoms in total. The lowest BCUT2D eigenvalue weighted by Gasteiger charge is -2.12. The summed E-state index contributed by atoms with van der Waals surface area (Å²) in [5.41, 5.74) is 4.14. The van der Waals surface area contributed by atoms with Gasteiger partial charge in [0.1, 0.15) is 18.2 Å². The van der Waals surface area contributed by atoms with Crippen molar-refractivity contribution in [2.45, 2.75) is 23.9 Å². The molecule has 0 aliphatic rings. The second-order valence-electron chi connectivity index (χ2n) is 7.96. The number of thioether (sulfide) groups is 1. The lowest BCUT2D eigenvalue weighted by molar-refractivity contribution is -0.120. The molecular formula is C26H24ClFN6O4S. The van der Waals surface area contributed by atoms with E-state index >= 15 is 0 Å². The van der Waals surface area contributed by atoms with E-state index < -0.39 is 11.1 Å². The van der Waals surface area contributed by atoms with Crippen LogP contribution in [-0.2, 0) is 11.4 Å². The first-order chi connectivity index (χ1) is 18.9. The predicted octanol–water partition coefficient (Wildman–Crippen LogP) is 4.68. The Kier molecular flexibility index (Phi) is 9.34. The molecular weight excluding hydrogens is 547 g/mol. The molecule has 1 N–H and O–H groups in total. The highest BCUT2D eigenvalue weighted by atomic mass is 35.5. The Balaban J connectivity index is 1.34. The van der Waals surface area contributed by atoms with Gasteiger partial charge in [0.2, 0.25) is 5.16 Å². The topological polar surface area (TPSA) is 113 Å². The number of methoxy groups -OCH3 is 2. The van der Waals surface area contributed by atoms with Gasteiger partial charge in [-0.1, -0.05) is 29.4 Å². The zero-order valence-electron chi connectivity index (χ0n) is 21.2. The van der Waals surface area contributed by atoms with E-state index in [1.165, 1.54) is 41.9 Å². The molecule has 1 amide bonds. The molecule has 1 heterocycles. The number of carbonyl (C=O) groups is 1. The molecule has 39 heavy (non-hydrogen) atoms. The summed E-state index contributed by atoms with van der Waals surface area (Å²) in [6.07, 6.45) is 1.47. The molecule has 0 aliphatic heterocycles. The van der Waals surface area contributed by atoms with Gasteiger partial charge >= 0.3 is 0 Å². The number of nitrogens with zero attached hydrogens (tertiary/aromatic N) is 5. The largest absolute Gasteiger partial charge is 0.497 e. The number of halogens is 2. The first-order valence-corrected chi connectivity index (χ1v) is 12.8. The minimum absolute atomic E-state index is 0.0668. The van der Waals surface area contributed by atoms with Crippen molar-refractivity contribution < 1.29 is 23.4 Å². The summed E-state index contributed by atoms with van der Waals surface area (Å²) < 4.78 is 31.8. The van der Waals surface area contributed by atoms with E-state index in [4.69, 9.17) is 25.8 Å². The third-order valence-electron chi connectivity index (χ3n) is 5.42. The van der Waals surface area contributed by atoms with Gasteiger partial charge in [-0.2, -0.15) is 9.78 Å². The Morgan fingerprint density at radius 1 is 1.15 bits per heavy atom. The first-order valence-electron chi connectivity index (χ1n) is 11.6. The maximum absolute atomic E-state index is 14.0. The number of aromatic nitrogens is 4. The van der Waals surface area contributed by atoms with Crippen molar-refractivity contribution in [3.63, 3.8) is 0 Å². The van der Waals surface area contributed by atoms with Crippen LogP contribution in [0, 0.1) is 5.82 Å². The molecule has 0 aliphatic carbocycles. The smallest absolute Gasteiger partial charge is 0.253 e. The fourth-order valence-corrected chi connectivity index (χ4v) is 4.33. The normalized spacial score (nSPS) is 11.8. The van der Waals surface area contributed by atoms with Crippen LogP contribution in [0.2, 0.25) is 5.02 Å². The van der Waals surface area contributed by atoms with Crippen LogP contribution in [0.1, 0.15) is 18.1 Å². The summed E-state index contributed by atoms with van der Waals surface area (Å²) in [5, 5.41) is 16.0. The molecule has 0 bridgehead atoms. The number of nitrogens with one attached hydrogen (secondary N) is 1. The summed E-state index contributed by atoms with van der Waals surface area (Å²) in [4.78, 5) is 12.6. The van der Waals surface area contributed by atoms with Crippen LogP contribution >= 0.6 is 23.4 Å². The average Bonchev–Trinajstić information content (AvgIpc) is 3.41. The van der Waals surface area contributed by atoms with E-state index in [2.05, 4.69) is 26.1 Å². The third kappa shape index (κ3) is 7.03. The van der Waals surface area contributed by atoms with Gasteiger partial charge < -0.3 is 14.2 Å². The highest BCUT2D eigenvalue weighted by molar-refractivity contribution is 8.00.